The largest absolute Gasteiger partial charge is 0.480 e. The molecule has 2 aromatic rings. The first-order chi connectivity index (χ1) is 11.9. The molecule has 1 aliphatic heterocycles. The van der Waals surface area contributed by atoms with Gasteiger partial charge in [0.15, 0.2) is 0 Å². The van der Waals surface area contributed by atoms with E-state index in [1.807, 2.05) is 17.5 Å². The number of carboxylic acid groups (broad SMARTS) is 1. The number of rotatable bonds is 5. The van der Waals surface area contributed by atoms with E-state index in [9.17, 15) is 14.7 Å². The number of benzene rings is 1. The maximum Gasteiger partial charge on any atom is 0.329 e. The fourth-order valence-corrected chi connectivity index (χ4v) is 4.07. The third-order valence-corrected chi connectivity index (χ3v) is 5.84. The third kappa shape index (κ3) is 3.44. The van der Waals surface area contributed by atoms with E-state index in [2.05, 4.69) is 24.0 Å². The minimum Gasteiger partial charge on any atom is -0.480 e. The first kappa shape index (κ1) is 17.6. The van der Waals surface area contributed by atoms with Crippen molar-refractivity contribution in [3.8, 4) is 10.6 Å². The van der Waals surface area contributed by atoms with Gasteiger partial charge in [-0.15, -0.1) is 11.3 Å². The van der Waals surface area contributed by atoms with Crippen LogP contribution in [0, 0.1) is 0 Å². The Balaban J connectivity index is 1.72. The second kappa shape index (κ2) is 6.96. The van der Waals surface area contributed by atoms with Crippen molar-refractivity contribution >= 4 is 23.2 Å². The number of carboxylic acids is 1. The van der Waals surface area contributed by atoms with Gasteiger partial charge < -0.3 is 10.0 Å². The van der Waals surface area contributed by atoms with Gasteiger partial charge in [0.05, 0.1) is 12.1 Å². The van der Waals surface area contributed by atoms with Crippen molar-refractivity contribution < 1.29 is 14.7 Å². The van der Waals surface area contributed by atoms with Crippen molar-refractivity contribution in [2.24, 2.45) is 0 Å². The zero-order valence-corrected chi connectivity index (χ0v) is 15.3. The lowest BCUT2D eigenvalue weighted by atomic mass is 9.99. The molecule has 0 spiro atoms. The highest BCUT2D eigenvalue weighted by molar-refractivity contribution is 7.13. The summed E-state index contributed by atoms with van der Waals surface area (Å²) in [4.78, 5) is 30.2. The molecular weight excluding hydrogens is 336 g/mol. The number of thiazole rings is 1. The van der Waals surface area contributed by atoms with Crippen LogP contribution in [0.1, 0.15) is 37.9 Å². The van der Waals surface area contributed by atoms with Gasteiger partial charge in [-0.25, -0.2) is 9.78 Å². The van der Waals surface area contributed by atoms with Gasteiger partial charge in [0.25, 0.3) is 0 Å². The highest BCUT2D eigenvalue weighted by atomic mass is 32.1. The minimum atomic E-state index is -1.09. The van der Waals surface area contributed by atoms with Crippen molar-refractivity contribution in [1.82, 2.24) is 9.88 Å². The Bertz CT molecular complexity index is 784. The Kier molecular flexibility index (Phi) is 4.90. The maximum atomic E-state index is 12.6. The van der Waals surface area contributed by atoms with Gasteiger partial charge in [0.1, 0.15) is 10.5 Å². The molecule has 0 radical (unpaired) electrons. The molecule has 1 atom stereocenters. The van der Waals surface area contributed by atoms with E-state index < -0.39 is 11.5 Å². The van der Waals surface area contributed by atoms with E-state index in [4.69, 9.17) is 0 Å². The lowest BCUT2D eigenvalue weighted by molar-refractivity contribution is -0.155. The number of aromatic nitrogens is 1. The van der Waals surface area contributed by atoms with Gasteiger partial charge in [-0.3, -0.25) is 4.79 Å². The summed E-state index contributed by atoms with van der Waals surface area (Å²) in [5.74, 6) is -1.10. The molecule has 132 valence electrons. The molecule has 1 N–H and O–H groups in total. The maximum absolute atomic E-state index is 12.6. The van der Waals surface area contributed by atoms with E-state index in [1.54, 1.807) is 6.92 Å². The fourth-order valence-electron chi connectivity index (χ4n) is 3.24. The van der Waals surface area contributed by atoms with E-state index in [0.29, 0.717) is 18.7 Å². The molecule has 1 aromatic carbocycles. The van der Waals surface area contributed by atoms with Crippen LogP contribution in [0.5, 0.6) is 0 Å². The van der Waals surface area contributed by atoms with Gasteiger partial charge in [-0.05, 0) is 31.7 Å². The Hall–Kier alpha value is -2.21. The number of aliphatic carboxylic acids is 1. The second-order valence-corrected chi connectivity index (χ2v) is 7.46. The predicted molar refractivity (Wildman–Crippen MR) is 97.6 cm³/mol. The Morgan fingerprint density at radius 1 is 1.32 bits per heavy atom. The Labute approximate surface area is 151 Å². The van der Waals surface area contributed by atoms with Crippen LogP contribution in [-0.2, 0) is 22.4 Å². The van der Waals surface area contributed by atoms with Crippen LogP contribution < -0.4 is 0 Å². The Morgan fingerprint density at radius 2 is 2.04 bits per heavy atom. The summed E-state index contributed by atoms with van der Waals surface area (Å²) >= 11 is 1.51. The Morgan fingerprint density at radius 3 is 2.68 bits per heavy atom. The van der Waals surface area contributed by atoms with Gasteiger partial charge in [0.2, 0.25) is 5.91 Å². The number of nitrogens with zero attached hydrogens (tertiary/aromatic N) is 2. The molecule has 1 saturated heterocycles. The van der Waals surface area contributed by atoms with Gasteiger partial charge in [-0.1, -0.05) is 31.2 Å². The van der Waals surface area contributed by atoms with Crippen LogP contribution in [0.4, 0.5) is 0 Å². The lowest BCUT2D eigenvalue weighted by Crippen LogP contribution is -2.51. The summed E-state index contributed by atoms with van der Waals surface area (Å²) in [7, 11) is 0. The SMILES string of the molecule is CCc1ccc(-c2nc(CC(=O)N3CCCC3(C)C(=O)O)cs2)cc1. The number of hydrogen-bond acceptors (Lipinski definition) is 4. The first-order valence-electron chi connectivity index (χ1n) is 8.51. The third-order valence-electron chi connectivity index (χ3n) is 4.90. The molecular formula is C19H22N2O3S. The van der Waals surface area contributed by atoms with Crippen molar-refractivity contribution in [3.63, 3.8) is 0 Å². The van der Waals surface area contributed by atoms with Crippen LogP contribution in [0.3, 0.4) is 0 Å². The molecule has 1 fully saturated rings. The smallest absolute Gasteiger partial charge is 0.329 e. The fraction of sp³-hybridized carbons (Fsp3) is 0.421. The topological polar surface area (TPSA) is 70.5 Å². The predicted octanol–water partition coefficient (Wildman–Crippen LogP) is 3.38. The quantitative estimate of drug-likeness (QED) is 0.889. The highest BCUT2D eigenvalue weighted by Gasteiger charge is 2.45. The average molecular weight is 358 g/mol. The molecule has 3 rings (SSSR count). The summed E-state index contributed by atoms with van der Waals surface area (Å²) in [6.07, 6.45) is 2.36. The summed E-state index contributed by atoms with van der Waals surface area (Å²) in [6, 6.07) is 8.27. The van der Waals surface area contributed by atoms with Crippen LogP contribution >= 0.6 is 11.3 Å². The average Bonchev–Trinajstić information content (AvgIpc) is 3.22. The van der Waals surface area contributed by atoms with Crippen molar-refractivity contribution in [2.45, 2.75) is 45.1 Å². The van der Waals surface area contributed by atoms with Crippen LogP contribution in [0.25, 0.3) is 10.6 Å². The number of hydrogen-bond donors (Lipinski definition) is 1. The number of amides is 1. The van der Waals surface area contributed by atoms with Crippen LogP contribution in [0.15, 0.2) is 29.6 Å². The minimum absolute atomic E-state index is 0.145. The summed E-state index contributed by atoms with van der Waals surface area (Å²) in [6.45, 7) is 4.24. The molecule has 0 saturated carbocycles. The van der Waals surface area contributed by atoms with Crippen LogP contribution in [-0.4, -0.2) is 39.0 Å². The molecule has 1 aliphatic rings. The molecule has 1 aromatic heterocycles. The van der Waals surface area contributed by atoms with Crippen LogP contribution in [0.2, 0.25) is 0 Å². The number of aryl methyl sites for hydroxylation is 1. The van der Waals surface area contributed by atoms with Crippen molar-refractivity contribution in [3.05, 3.63) is 40.9 Å². The first-order valence-corrected chi connectivity index (χ1v) is 9.39. The van der Waals surface area contributed by atoms with Gasteiger partial charge in [-0.2, -0.15) is 0 Å². The normalized spacial score (nSPS) is 20.0. The van der Waals surface area contributed by atoms with Crippen molar-refractivity contribution in [1.29, 1.82) is 0 Å². The zero-order valence-electron chi connectivity index (χ0n) is 14.5. The highest BCUT2D eigenvalue weighted by Crippen LogP contribution is 2.30. The van der Waals surface area contributed by atoms with E-state index in [1.165, 1.54) is 21.8 Å². The standard InChI is InChI=1S/C19H22N2O3S/c1-3-13-5-7-14(8-6-13)17-20-15(12-25-17)11-16(22)21-10-4-9-19(21,2)18(23)24/h5-8,12H,3-4,9-11H2,1-2H3,(H,23,24). The van der Waals surface area contributed by atoms with Crippen molar-refractivity contribution in [2.75, 3.05) is 6.54 Å². The summed E-state index contributed by atoms with van der Waals surface area (Å²) in [5, 5.41) is 12.2. The van der Waals surface area contributed by atoms with E-state index >= 15 is 0 Å². The molecule has 0 bridgehead atoms. The molecule has 0 aliphatic carbocycles. The molecule has 6 heteroatoms. The molecule has 25 heavy (non-hydrogen) atoms. The number of likely N-dealkylation sites (tertiary alicyclic amines) is 1. The molecule has 5 nitrogen and oxygen atoms in total. The molecule has 1 amide bonds. The summed E-state index contributed by atoms with van der Waals surface area (Å²) < 4.78 is 0. The summed E-state index contributed by atoms with van der Waals surface area (Å²) in [5.41, 5.74) is 1.92. The molecule has 2 heterocycles. The van der Waals surface area contributed by atoms with Gasteiger partial charge >= 0.3 is 5.97 Å². The number of carbonyl (C=O) groups excluding carboxylic acids is 1. The van der Waals surface area contributed by atoms with E-state index in [-0.39, 0.29) is 12.3 Å². The lowest BCUT2D eigenvalue weighted by Gasteiger charge is -2.31. The zero-order chi connectivity index (χ0) is 18.0. The monoisotopic (exact) mass is 358 g/mol. The molecule has 1 unspecified atom stereocenters. The van der Waals surface area contributed by atoms with Gasteiger partial charge in [0, 0.05) is 17.5 Å². The van der Waals surface area contributed by atoms with E-state index in [0.717, 1.165) is 23.4 Å². The second-order valence-electron chi connectivity index (χ2n) is 6.60. The number of carbonyl (C=O) groups is 2.